The molecule has 0 amide bonds. The molecule has 1 N–H and O–H groups in total. The third kappa shape index (κ3) is 4.08. The number of nitrogens with zero attached hydrogens (tertiary/aromatic N) is 3. The van der Waals surface area contributed by atoms with Crippen LogP contribution >= 0.6 is 0 Å². The second-order valence-corrected chi connectivity index (χ2v) is 7.72. The lowest BCUT2D eigenvalue weighted by Gasteiger charge is -2.27. The lowest BCUT2D eigenvalue weighted by atomic mass is 9.80. The molecule has 0 spiro atoms. The molecule has 2 aliphatic rings. The van der Waals surface area contributed by atoms with Gasteiger partial charge in [-0.1, -0.05) is 24.3 Å². The third-order valence-corrected chi connectivity index (χ3v) is 5.76. The molecular weight excluding hydrogens is 352 g/mol. The van der Waals surface area contributed by atoms with E-state index in [4.69, 9.17) is 9.72 Å². The first-order valence-electron chi connectivity index (χ1n) is 10.1. The van der Waals surface area contributed by atoms with Crippen LogP contribution in [0.15, 0.2) is 24.3 Å². The van der Waals surface area contributed by atoms with Gasteiger partial charge in [-0.25, -0.2) is 9.97 Å². The minimum absolute atomic E-state index is 0.159. The van der Waals surface area contributed by atoms with Crippen LogP contribution < -0.4 is 5.32 Å². The fourth-order valence-corrected chi connectivity index (χ4v) is 4.27. The first-order valence-corrected chi connectivity index (χ1v) is 10.1. The maximum absolute atomic E-state index is 12.8. The quantitative estimate of drug-likeness (QED) is 0.860. The summed E-state index contributed by atoms with van der Waals surface area (Å²) >= 11 is 0. The van der Waals surface area contributed by atoms with Gasteiger partial charge in [-0.3, -0.25) is 9.69 Å². The van der Waals surface area contributed by atoms with Gasteiger partial charge in [-0.05, 0) is 37.3 Å². The minimum atomic E-state index is 0.159. The number of ether oxygens (including phenoxy) is 1. The van der Waals surface area contributed by atoms with E-state index in [1.165, 1.54) is 11.1 Å². The van der Waals surface area contributed by atoms with Gasteiger partial charge in [0.05, 0.1) is 30.2 Å². The van der Waals surface area contributed by atoms with E-state index in [9.17, 15) is 4.79 Å². The molecule has 148 valence electrons. The number of carbonyl (C=O) groups excluding carboxylic acids is 1. The van der Waals surface area contributed by atoms with Gasteiger partial charge in [0.1, 0.15) is 0 Å². The highest BCUT2D eigenvalue weighted by Gasteiger charge is 2.30. The molecule has 1 aliphatic carbocycles. The number of fused-ring (bicyclic) bond motifs is 1. The highest BCUT2D eigenvalue weighted by molar-refractivity contribution is 5.99. The number of hydrogen-bond donors (Lipinski definition) is 1. The average Bonchev–Trinajstić information content (AvgIpc) is 2.68. The fraction of sp³-hybridized carbons (Fsp3) is 0.500. The van der Waals surface area contributed by atoms with Crippen LogP contribution in [-0.4, -0.2) is 60.0 Å². The molecule has 1 saturated heterocycles. The molecule has 4 rings (SSSR count). The summed E-state index contributed by atoms with van der Waals surface area (Å²) in [4.78, 5) is 24.5. The van der Waals surface area contributed by atoms with E-state index in [-0.39, 0.29) is 11.7 Å². The number of benzene rings is 1. The second kappa shape index (κ2) is 8.37. The number of aryl methyl sites for hydroxylation is 2. The Morgan fingerprint density at radius 3 is 2.71 bits per heavy atom. The van der Waals surface area contributed by atoms with Gasteiger partial charge in [0, 0.05) is 32.6 Å². The van der Waals surface area contributed by atoms with Crippen molar-refractivity contribution >= 4 is 11.7 Å². The number of ketones is 1. The standard InChI is InChI=1S/C22H28N4O2/c1-15-5-3-4-6-18(15)17-13-19-21(20(27)14-17)16(2)24-22(25-19)23-7-8-26-9-11-28-12-10-26/h3-6,17H,7-14H2,1-2H3,(H,23,24,25)/t17-/m1/s1. The number of nitrogens with one attached hydrogen (secondary N) is 1. The maximum Gasteiger partial charge on any atom is 0.223 e. The Hall–Kier alpha value is -2.31. The molecule has 1 aliphatic heterocycles. The molecule has 6 nitrogen and oxygen atoms in total. The van der Waals surface area contributed by atoms with Gasteiger partial charge in [0.25, 0.3) is 0 Å². The zero-order valence-electron chi connectivity index (χ0n) is 16.7. The number of Topliss-reactive ketones (excluding diaryl/α,β-unsaturated/α-hetero) is 1. The summed E-state index contributed by atoms with van der Waals surface area (Å²) in [6.45, 7) is 9.30. The first-order chi connectivity index (χ1) is 13.6. The molecule has 0 bridgehead atoms. The molecular formula is C22H28N4O2. The van der Waals surface area contributed by atoms with Crippen LogP contribution in [0.2, 0.25) is 0 Å². The molecule has 28 heavy (non-hydrogen) atoms. The summed E-state index contributed by atoms with van der Waals surface area (Å²) in [6, 6.07) is 8.33. The van der Waals surface area contributed by atoms with E-state index in [1.54, 1.807) is 0 Å². The molecule has 0 saturated carbocycles. The first kappa shape index (κ1) is 19.0. The SMILES string of the molecule is Cc1ccccc1[C@H]1CC(=O)c2c(C)nc(NCCN3CCOCC3)nc2C1. The smallest absolute Gasteiger partial charge is 0.223 e. The Morgan fingerprint density at radius 1 is 1.14 bits per heavy atom. The summed E-state index contributed by atoms with van der Waals surface area (Å²) < 4.78 is 5.39. The lowest BCUT2D eigenvalue weighted by Crippen LogP contribution is -2.39. The second-order valence-electron chi connectivity index (χ2n) is 7.72. The molecule has 1 aromatic heterocycles. The Labute approximate surface area is 166 Å². The van der Waals surface area contributed by atoms with Crippen molar-refractivity contribution in [3.63, 3.8) is 0 Å². The van der Waals surface area contributed by atoms with Gasteiger partial charge in [0.2, 0.25) is 5.95 Å². The summed E-state index contributed by atoms with van der Waals surface area (Å²) in [5.74, 6) is 0.978. The van der Waals surface area contributed by atoms with Crippen molar-refractivity contribution in [1.82, 2.24) is 14.9 Å². The van der Waals surface area contributed by atoms with Gasteiger partial charge >= 0.3 is 0 Å². The van der Waals surface area contributed by atoms with Crippen molar-refractivity contribution in [2.75, 3.05) is 44.7 Å². The van der Waals surface area contributed by atoms with E-state index in [0.29, 0.717) is 12.4 Å². The Morgan fingerprint density at radius 2 is 1.93 bits per heavy atom. The molecule has 0 radical (unpaired) electrons. The molecule has 2 aromatic rings. The molecule has 1 aromatic carbocycles. The predicted octanol–water partition coefficient (Wildman–Crippen LogP) is 2.75. The van der Waals surface area contributed by atoms with E-state index < -0.39 is 0 Å². The van der Waals surface area contributed by atoms with E-state index in [0.717, 1.165) is 62.8 Å². The van der Waals surface area contributed by atoms with Crippen LogP contribution in [0.3, 0.4) is 0 Å². The van der Waals surface area contributed by atoms with Crippen molar-refractivity contribution in [2.45, 2.75) is 32.6 Å². The highest BCUT2D eigenvalue weighted by atomic mass is 16.5. The van der Waals surface area contributed by atoms with Crippen molar-refractivity contribution in [2.24, 2.45) is 0 Å². The summed E-state index contributed by atoms with van der Waals surface area (Å²) in [5.41, 5.74) is 4.87. The van der Waals surface area contributed by atoms with Crippen LogP contribution in [0.25, 0.3) is 0 Å². The van der Waals surface area contributed by atoms with Gasteiger partial charge in [-0.2, -0.15) is 0 Å². The molecule has 1 fully saturated rings. The number of hydrogen-bond acceptors (Lipinski definition) is 6. The van der Waals surface area contributed by atoms with Gasteiger partial charge in [0.15, 0.2) is 5.78 Å². The molecule has 1 atom stereocenters. The van der Waals surface area contributed by atoms with Crippen LogP contribution in [0.4, 0.5) is 5.95 Å². The molecule has 6 heteroatoms. The number of rotatable bonds is 5. The van der Waals surface area contributed by atoms with E-state index >= 15 is 0 Å². The van der Waals surface area contributed by atoms with Crippen LogP contribution in [-0.2, 0) is 11.2 Å². The Bertz CT molecular complexity index is 862. The van der Waals surface area contributed by atoms with Crippen molar-refractivity contribution in [3.05, 3.63) is 52.3 Å². The largest absolute Gasteiger partial charge is 0.379 e. The van der Waals surface area contributed by atoms with E-state index in [1.807, 2.05) is 19.1 Å². The number of aromatic nitrogens is 2. The van der Waals surface area contributed by atoms with Crippen LogP contribution in [0, 0.1) is 13.8 Å². The van der Waals surface area contributed by atoms with Crippen LogP contribution in [0.1, 0.15) is 45.2 Å². The Kier molecular flexibility index (Phi) is 5.69. The topological polar surface area (TPSA) is 67.4 Å². The fourth-order valence-electron chi connectivity index (χ4n) is 4.27. The minimum Gasteiger partial charge on any atom is -0.379 e. The Balaban J connectivity index is 1.49. The molecule has 0 unspecified atom stereocenters. The molecule has 2 heterocycles. The summed E-state index contributed by atoms with van der Waals surface area (Å²) in [5, 5.41) is 3.35. The summed E-state index contributed by atoms with van der Waals surface area (Å²) in [6.07, 6.45) is 1.32. The van der Waals surface area contributed by atoms with E-state index in [2.05, 4.69) is 34.3 Å². The van der Waals surface area contributed by atoms with Gasteiger partial charge in [-0.15, -0.1) is 0 Å². The lowest BCUT2D eigenvalue weighted by molar-refractivity contribution is 0.0398. The van der Waals surface area contributed by atoms with Gasteiger partial charge < -0.3 is 10.1 Å². The summed E-state index contributed by atoms with van der Waals surface area (Å²) in [7, 11) is 0. The van der Waals surface area contributed by atoms with Crippen molar-refractivity contribution in [1.29, 1.82) is 0 Å². The number of carbonyl (C=O) groups is 1. The average molecular weight is 380 g/mol. The zero-order chi connectivity index (χ0) is 19.5. The van der Waals surface area contributed by atoms with Crippen molar-refractivity contribution in [3.8, 4) is 0 Å². The zero-order valence-corrected chi connectivity index (χ0v) is 16.7. The third-order valence-electron chi connectivity index (χ3n) is 5.76. The maximum atomic E-state index is 12.8. The predicted molar refractivity (Wildman–Crippen MR) is 109 cm³/mol. The highest BCUT2D eigenvalue weighted by Crippen LogP contribution is 2.34. The van der Waals surface area contributed by atoms with Crippen LogP contribution in [0.5, 0.6) is 0 Å². The number of morpholine rings is 1. The normalized spacial score (nSPS) is 20.1. The number of anilines is 1. The van der Waals surface area contributed by atoms with Crippen molar-refractivity contribution < 1.29 is 9.53 Å². The monoisotopic (exact) mass is 380 g/mol.